The summed E-state index contributed by atoms with van der Waals surface area (Å²) in [7, 11) is 0. The number of nitriles is 1. The van der Waals surface area contributed by atoms with Gasteiger partial charge < -0.3 is 5.32 Å². The molecule has 0 unspecified atom stereocenters. The molecule has 15 heavy (non-hydrogen) atoms. The van der Waals surface area contributed by atoms with Gasteiger partial charge in [0.25, 0.3) is 0 Å². The number of benzene rings is 1. The summed E-state index contributed by atoms with van der Waals surface area (Å²) in [5.41, 5.74) is 1.75. The van der Waals surface area contributed by atoms with Crippen molar-refractivity contribution in [2.45, 2.75) is 31.7 Å². The van der Waals surface area contributed by atoms with Crippen LogP contribution in [0.2, 0.25) is 5.02 Å². The van der Waals surface area contributed by atoms with Crippen molar-refractivity contribution in [3.8, 4) is 6.07 Å². The maximum atomic E-state index is 8.74. The van der Waals surface area contributed by atoms with Gasteiger partial charge in [0.05, 0.1) is 10.6 Å². The molecule has 0 spiro atoms. The first kappa shape index (κ1) is 10.3. The summed E-state index contributed by atoms with van der Waals surface area (Å²) < 4.78 is 0. The van der Waals surface area contributed by atoms with Gasteiger partial charge >= 0.3 is 0 Å². The lowest BCUT2D eigenvalue weighted by Crippen LogP contribution is -2.41. The molecule has 1 saturated carbocycles. The molecular weight excluding hydrogens is 208 g/mol. The van der Waals surface area contributed by atoms with Gasteiger partial charge in [0.15, 0.2) is 0 Å². The van der Waals surface area contributed by atoms with Gasteiger partial charge in [-0.15, -0.1) is 0 Å². The molecule has 0 aliphatic heterocycles. The van der Waals surface area contributed by atoms with E-state index < -0.39 is 0 Å². The highest BCUT2D eigenvalue weighted by Gasteiger charge is 2.31. The lowest BCUT2D eigenvalue weighted by atomic mass is 9.78. The highest BCUT2D eigenvalue weighted by molar-refractivity contribution is 6.32. The van der Waals surface area contributed by atoms with Crippen molar-refractivity contribution in [3.63, 3.8) is 0 Å². The SMILES string of the molecule is CC1(Nc2ccc(C#N)c(Cl)c2)CCC1. The van der Waals surface area contributed by atoms with Gasteiger partial charge in [0.2, 0.25) is 0 Å². The van der Waals surface area contributed by atoms with E-state index in [2.05, 4.69) is 18.3 Å². The number of hydrogen-bond donors (Lipinski definition) is 1. The second kappa shape index (κ2) is 3.75. The molecule has 0 amide bonds. The molecule has 0 aromatic heterocycles. The molecule has 0 atom stereocenters. The summed E-state index contributed by atoms with van der Waals surface area (Å²) in [6.07, 6.45) is 3.68. The molecule has 1 aromatic carbocycles. The van der Waals surface area contributed by atoms with Crippen LogP contribution in [0.4, 0.5) is 5.69 Å². The van der Waals surface area contributed by atoms with Gasteiger partial charge in [0, 0.05) is 11.2 Å². The number of hydrogen-bond acceptors (Lipinski definition) is 2. The van der Waals surface area contributed by atoms with E-state index in [0.717, 1.165) is 5.69 Å². The molecule has 0 radical (unpaired) electrons. The Morgan fingerprint density at radius 1 is 1.47 bits per heavy atom. The van der Waals surface area contributed by atoms with Crippen molar-refractivity contribution in [2.24, 2.45) is 0 Å². The molecule has 1 aliphatic rings. The lowest BCUT2D eigenvalue weighted by molar-refractivity contribution is 0.306. The molecule has 1 fully saturated rings. The van der Waals surface area contributed by atoms with Crippen LogP contribution in [0.3, 0.4) is 0 Å². The first-order valence-corrected chi connectivity index (χ1v) is 5.49. The maximum absolute atomic E-state index is 8.74. The van der Waals surface area contributed by atoms with E-state index in [-0.39, 0.29) is 5.54 Å². The molecule has 3 heteroatoms. The zero-order chi connectivity index (χ0) is 10.9. The fourth-order valence-electron chi connectivity index (χ4n) is 1.86. The average molecular weight is 221 g/mol. The van der Waals surface area contributed by atoms with Crippen molar-refractivity contribution < 1.29 is 0 Å². The monoisotopic (exact) mass is 220 g/mol. The van der Waals surface area contributed by atoms with Crippen LogP contribution in [0.25, 0.3) is 0 Å². The third kappa shape index (κ3) is 2.08. The number of anilines is 1. The topological polar surface area (TPSA) is 35.8 Å². The van der Waals surface area contributed by atoms with Crippen LogP contribution < -0.4 is 5.32 Å². The first-order valence-electron chi connectivity index (χ1n) is 5.11. The van der Waals surface area contributed by atoms with Gasteiger partial charge in [-0.05, 0) is 44.4 Å². The smallest absolute Gasteiger partial charge is 0.101 e. The van der Waals surface area contributed by atoms with Crippen LogP contribution in [0.1, 0.15) is 31.7 Å². The maximum Gasteiger partial charge on any atom is 0.101 e. The Bertz CT molecular complexity index is 416. The Labute approximate surface area is 94.9 Å². The van der Waals surface area contributed by atoms with Gasteiger partial charge in [-0.3, -0.25) is 0 Å². The Balaban J connectivity index is 2.17. The standard InChI is InChI=1S/C12H13ClN2/c1-12(5-2-6-12)15-10-4-3-9(8-14)11(13)7-10/h3-4,7,15H,2,5-6H2,1H3. The second-order valence-electron chi connectivity index (χ2n) is 4.35. The van der Waals surface area contributed by atoms with E-state index in [4.69, 9.17) is 16.9 Å². The Morgan fingerprint density at radius 3 is 2.67 bits per heavy atom. The Morgan fingerprint density at radius 2 is 2.20 bits per heavy atom. The molecule has 0 saturated heterocycles. The molecule has 0 heterocycles. The second-order valence-corrected chi connectivity index (χ2v) is 4.75. The summed E-state index contributed by atoms with van der Waals surface area (Å²) in [6, 6.07) is 7.54. The Hall–Kier alpha value is -1.20. The summed E-state index contributed by atoms with van der Waals surface area (Å²) in [5, 5.41) is 12.7. The fraction of sp³-hybridized carbons (Fsp3) is 0.417. The molecule has 78 valence electrons. The molecule has 1 aromatic rings. The predicted molar refractivity (Wildman–Crippen MR) is 62.0 cm³/mol. The summed E-state index contributed by atoms with van der Waals surface area (Å²) in [4.78, 5) is 0. The molecular formula is C12H13ClN2. The van der Waals surface area contributed by atoms with E-state index >= 15 is 0 Å². The van der Waals surface area contributed by atoms with E-state index in [9.17, 15) is 0 Å². The van der Waals surface area contributed by atoms with E-state index in [1.807, 2.05) is 12.1 Å². The number of halogens is 1. The van der Waals surface area contributed by atoms with Crippen LogP contribution >= 0.6 is 11.6 Å². The van der Waals surface area contributed by atoms with Crippen LogP contribution in [0.5, 0.6) is 0 Å². The summed E-state index contributed by atoms with van der Waals surface area (Å²) in [5.74, 6) is 0. The van der Waals surface area contributed by atoms with E-state index in [1.54, 1.807) is 6.07 Å². The minimum atomic E-state index is 0.220. The van der Waals surface area contributed by atoms with Crippen LogP contribution in [0.15, 0.2) is 18.2 Å². The normalized spacial score (nSPS) is 17.7. The lowest BCUT2D eigenvalue weighted by Gasteiger charge is -2.40. The van der Waals surface area contributed by atoms with Crippen molar-refractivity contribution in [2.75, 3.05) is 5.32 Å². The van der Waals surface area contributed by atoms with Crippen LogP contribution in [-0.2, 0) is 0 Å². The number of nitrogens with zero attached hydrogens (tertiary/aromatic N) is 1. The zero-order valence-corrected chi connectivity index (χ0v) is 9.43. The molecule has 1 N–H and O–H groups in total. The minimum Gasteiger partial charge on any atom is -0.380 e. The summed E-state index contributed by atoms with van der Waals surface area (Å²) in [6.45, 7) is 2.21. The van der Waals surface area contributed by atoms with Crippen LogP contribution in [0, 0.1) is 11.3 Å². The van der Waals surface area contributed by atoms with E-state index in [0.29, 0.717) is 10.6 Å². The zero-order valence-electron chi connectivity index (χ0n) is 8.68. The van der Waals surface area contributed by atoms with Crippen molar-refractivity contribution in [3.05, 3.63) is 28.8 Å². The van der Waals surface area contributed by atoms with Crippen molar-refractivity contribution in [1.29, 1.82) is 5.26 Å². The molecule has 1 aliphatic carbocycles. The van der Waals surface area contributed by atoms with Gasteiger partial charge in [-0.1, -0.05) is 11.6 Å². The van der Waals surface area contributed by atoms with Crippen molar-refractivity contribution in [1.82, 2.24) is 0 Å². The summed E-state index contributed by atoms with van der Waals surface area (Å²) >= 11 is 5.96. The Kier molecular flexibility index (Phi) is 2.58. The largest absolute Gasteiger partial charge is 0.380 e. The third-order valence-electron chi connectivity index (χ3n) is 2.99. The average Bonchev–Trinajstić information content (AvgIpc) is 2.16. The number of rotatable bonds is 2. The highest BCUT2D eigenvalue weighted by atomic mass is 35.5. The molecule has 0 bridgehead atoms. The highest BCUT2D eigenvalue weighted by Crippen LogP contribution is 2.35. The predicted octanol–water partition coefficient (Wildman–Crippen LogP) is 3.57. The quantitative estimate of drug-likeness (QED) is 0.827. The first-order chi connectivity index (χ1) is 7.13. The van der Waals surface area contributed by atoms with E-state index in [1.165, 1.54) is 19.3 Å². The number of nitrogens with one attached hydrogen (secondary N) is 1. The van der Waals surface area contributed by atoms with Gasteiger partial charge in [-0.2, -0.15) is 5.26 Å². The van der Waals surface area contributed by atoms with Gasteiger partial charge in [0.1, 0.15) is 6.07 Å². The van der Waals surface area contributed by atoms with Crippen LogP contribution in [-0.4, -0.2) is 5.54 Å². The fourth-order valence-corrected chi connectivity index (χ4v) is 2.09. The minimum absolute atomic E-state index is 0.220. The molecule has 2 nitrogen and oxygen atoms in total. The van der Waals surface area contributed by atoms with Crippen molar-refractivity contribution >= 4 is 17.3 Å². The van der Waals surface area contributed by atoms with Gasteiger partial charge in [-0.25, -0.2) is 0 Å². The third-order valence-corrected chi connectivity index (χ3v) is 3.31. The molecule has 2 rings (SSSR count).